The molecular weight excluding hydrogens is 108 g/mol. The monoisotopic (exact) mass is 118 g/mol. The third-order valence-electron chi connectivity index (χ3n) is 0.455. The van der Waals surface area contributed by atoms with Crippen molar-refractivity contribution in [1.82, 2.24) is 0 Å². The summed E-state index contributed by atoms with van der Waals surface area (Å²) in [5.41, 5.74) is 0. The molecule has 0 aliphatic heterocycles. The molecule has 0 aromatic heterocycles. The van der Waals surface area contributed by atoms with Crippen LogP contribution in [0.4, 0.5) is 0 Å². The first-order valence-corrected chi connectivity index (χ1v) is 3.03. The van der Waals surface area contributed by atoms with Gasteiger partial charge in [-0.3, -0.25) is 0 Å². The molecule has 7 heavy (non-hydrogen) atoms. The van der Waals surface area contributed by atoms with Crippen molar-refractivity contribution in [3.8, 4) is 0 Å². The Balaban J connectivity index is 2.78. The summed E-state index contributed by atoms with van der Waals surface area (Å²) in [5, 5.41) is 0. The third-order valence-corrected chi connectivity index (χ3v) is 0.727. The van der Waals surface area contributed by atoms with Gasteiger partial charge in [0.05, 0.1) is 12.9 Å². The normalized spacial score (nSPS) is 9.86. The van der Waals surface area contributed by atoms with Crippen LogP contribution in [0, 0.1) is 0 Å². The summed E-state index contributed by atoms with van der Waals surface area (Å²) in [6.45, 7) is 2.64. The molecule has 0 fully saturated rings. The molecule has 0 saturated heterocycles. The smallest absolute Gasteiger partial charge is 0.203 e. The Labute approximate surface area is 46.7 Å². The fourth-order valence-corrected chi connectivity index (χ4v) is 0.302. The molecule has 2 nitrogen and oxygen atoms in total. The molecule has 0 amide bonds. The zero-order valence-electron chi connectivity index (χ0n) is 4.68. The van der Waals surface area contributed by atoms with Crippen molar-refractivity contribution in [2.75, 3.05) is 6.61 Å². The van der Waals surface area contributed by atoms with E-state index in [1.165, 1.54) is 0 Å². The van der Waals surface area contributed by atoms with Crippen LogP contribution in [0.25, 0.3) is 0 Å². The van der Waals surface area contributed by atoms with Crippen LogP contribution in [0.3, 0.4) is 0 Å². The van der Waals surface area contributed by atoms with Crippen LogP contribution in [-0.2, 0) is 9.16 Å². The molecule has 0 aromatic carbocycles. The lowest BCUT2D eigenvalue weighted by molar-refractivity contribution is 0.259. The molecule has 0 saturated carbocycles. The maximum Gasteiger partial charge on any atom is 0.203 e. The Hall–Kier alpha value is -0.443. The quantitative estimate of drug-likeness (QED) is 0.377. The van der Waals surface area contributed by atoms with E-state index < -0.39 is 0 Å². The molecule has 0 rings (SSSR count). The van der Waals surface area contributed by atoms with Crippen molar-refractivity contribution in [3.05, 3.63) is 12.5 Å². The van der Waals surface area contributed by atoms with E-state index in [2.05, 4.69) is 4.43 Å². The SMILES string of the molecule is CCOC=CO[SiH3]. The van der Waals surface area contributed by atoms with E-state index >= 15 is 0 Å². The Bertz CT molecular complexity index is 53.7. The standard InChI is InChI=1S/C4H10O2Si/c1-2-5-3-4-6-7/h3-4H,2H2,1,7H3. The van der Waals surface area contributed by atoms with E-state index in [-0.39, 0.29) is 0 Å². The zero-order valence-corrected chi connectivity index (χ0v) is 6.68. The largest absolute Gasteiger partial charge is 0.556 e. The second-order valence-electron chi connectivity index (χ2n) is 0.963. The first kappa shape index (κ1) is 6.56. The minimum atomic E-state index is 0.710. The molecule has 0 spiro atoms. The van der Waals surface area contributed by atoms with Crippen LogP contribution in [-0.4, -0.2) is 17.1 Å². The van der Waals surface area contributed by atoms with Crippen LogP contribution in [0.15, 0.2) is 12.5 Å². The zero-order chi connectivity index (χ0) is 5.54. The fourth-order valence-electron chi connectivity index (χ4n) is 0.191. The van der Waals surface area contributed by atoms with Crippen LogP contribution >= 0.6 is 0 Å². The summed E-state index contributed by atoms with van der Waals surface area (Å²) >= 11 is 0. The Morgan fingerprint density at radius 3 is 2.71 bits per heavy atom. The highest BCUT2D eigenvalue weighted by Gasteiger charge is 1.63. The molecule has 0 unspecified atom stereocenters. The van der Waals surface area contributed by atoms with Gasteiger partial charge < -0.3 is 9.16 Å². The second-order valence-corrected chi connectivity index (χ2v) is 1.43. The molecule has 0 N–H and O–H groups in total. The first-order valence-electron chi connectivity index (χ1n) is 2.21. The average Bonchev–Trinajstić information content (AvgIpc) is 1.69. The van der Waals surface area contributed by atoms with Gasteiger partial charge in [-0.15, -0.1) is 0 Å². The van der Waals surface area contributed by atoms with Crippen LogP contribution in [0.2, 0.25) is 0 Å². The summed E-state index contributed by atoms with van der Waals surface area (Å²) in [7, 11) is 0.739. The van der Waals surface area contributed by atoms with Crippen LogP contribution in [0.1, 0.15) is 6.92 Å². The molecule has 0 atom stereocenters. The summed E-state index contributed by atoms with van der Waals surface area (Å²) in [5.74, 6) is 0. The highest BCUT2D eigenvalue weighted by Crippen LogP contribution is 1.73. The molecule has 0 aliphatic rings. The van der Waals surface area contributed by atoms with E-state index in [1.807, 2.05) is 6.92 Å². The molecule has 0 aromatic rings. The molecule has 0 aliphatic carbocycles. The van der Waals surface area contributed by atoms with Gasteiger partial charge in [-0.2, -0.15) is 0 Å². The lowest BCUT2D eigenvalue weighted by Crippen LogP contribution is -1.76. The third kappa shape index (κ3) is 5.56. The van der Waals surface area contributed by atoms with Crippen molar-refractivity contribution >= 4 is 10.5 Å². The summed E-state index contributed by atoms with van der Waals surface area (Å²) < 4.78 is 9.47. The minimum Gasteiger partial charge on any atom is -0.556 e. The van der Waals surface area contributed by atoms with Gasteiger partial charge in [-0.1, -0.05) is 0 Å². The Kier molecular flexibility index (Phi) is 5.21. The molecule has 0 radical (unpaired) electrons. The molecule has 0 bridgehead atoms. The van der Waals surface area contributed by atoms with Gasteiger partial charge in [0.1, 0.15) is 6.26 Å². The van der Waals surface area contributed by atoms with Gasteiger partial charge in [-0.05, 0) is 6.92 Å². The number of rotatable bonds is 3. The highest BCUT2D eigenvalue weighted by molar-refractivity contribution is 5.98. The Morgan fingerprint density at radius 2 is 2.29 bits per heavy atom. The number of ether oxygens (including phenoxy) is 1. The predicted octanol–water partition coefficient (Wildman–Crippen LogP) is -0.209. The van der Waals surface area contributed by atoms with Crippen LogP contribution in [0.5, 0.6) is 0 Å². The molecular formula is C4H10O2Si. The van der Waals surface area contributed by atoms with E-state index in [0.717, 1.165) is 10.5 Å². The van der Waals surface area contributed by atoms with Gasteiger partial charge in [0.25, 0.3) is 0 Å². The van der Waals surface area contributed by atoms with Crippen molar-refractivity contribution in [2.24, 2.45) is 0 Å². The lowest BCUT2D eigenvalue weighted by atomic mass is 10.9. The van der Waals surface area contributed by atoms with Gasteiger partial charge in [0, 0.05) is 0 Å². The van der Waals surface area contributed by atoms with Crippen molar-refractivity contribution in [3.63, 3.8) is 0 Å². The van der Waals surface area contributed by atoms with E-state index in [0.29, 0.717) is 6.61 Å². The molecule has 42 valence electrons. The summed E-state index contributed by atoms with van der Waals surface area (Å²) in [6, 6.07) is 0. The topological polar surface area (TPSA) is 18.5 Å². The minimum absolute atomic E-state index is 0.710. The number of hydrogen-bond acceptors (Lipinski definition) is 2. The number of hydrogen-bond donors (Lipinski definition) is 0. The van der Waals surface area contributed by atoms with E-state index in [1.54, 1.807) is 12.5 Å². The fraction of sp³-hybridized carbons (Fsp3) is 0.500. The maximum atomic E-state index is 4.79. The maximum absolute atomic E-state index is 4.79. The second kappa shape index (κ2) is 5.56. The lowest BCUT2D eigenvalue weighted by Gasteiger charge is -1.90. The van der Waals surface area contributed by atoms with Gasteiger partial charge >= 0.3 is 0 Å². The first-order chi connectivity index (χ1) is 3.41. The molecule has 3 heteroatoms. The molecule has 0 heterocycles. The Morgan fingerprint density at radius 1 is 1.57 bits per heavy atom. The van der Waals surface area contributed by atoms with Crippen molar-refractivity contribution in [1.29, 1.82) is 0 Å². The van der Waals surface area contributed by atoms with Gasteiger partial charge in [0.15, 0.2) is 0 Å². The summed E-state index contributed by atoms with van der Waals surface area (Å²) in [4.78, 5) is 0. The average molecular weight is 118 g/mol. The van der Waals surface area contributed by atoms with Gasteiger partial charge in [0.2, 0.25) is 10.5 Å². The van der Waals surface area contributed by atoms with Crippen LogP contribution < -0.4 is 0 Å². The van der Waals surface area contributed by atoms with Crippen molar-refractivity contribution in [2.45, 2.75) is 6.92 Å². The van der Waals surface area contributed by atoms with E-state index in [4.69, 9.17) is 4.74 Å². The van der Waals surface area contributed by atoms with E-state index in [9.17, 15) is 0 Å². The van der Waals surface area contributed by atoms with Gasteiger partial charge in [-0.25, -0.2) is 0 Å². The van der Waals surface area contributed by atoms with Crippen molar-refractivity contribution < 1.29 is 9.16 Å². The highest BCUT2D eigenvalue weighted by atomic mass is 28.2. The predicted molar refractivity (Wildman–Crippen MR) is 31.8 cm³/mol. The summed E-state index contributed by atoms with van der Waals surface area (Å²) in [6.07, 6.45) is 3.10.